The van der Waals surface area contributed by atoms with Crippen LogP contribution in [0.1, 0.15) is 11.4 Å². The monoisotopic (exact) mass is 203 g/mol. The minimum absolute atomic E-state index is 0. The zero-order valence-corrected chi connectivity index (χ0v) is 9.05. The molecule has 1 rings (SSSR count). The fourth-order valence-electron chi connectivity index (χ4n) is 1.01. The highest BCUT2D eigenvalue weighted by atomic mass is 35.5. The number of carbonyl (C=O) groups is 1. The molecule has 0 aliphatic heterocycles. The first-order valence-electron chi connectivity index (χ1n) is 3.77. The number of hydrogen-bond donors (Lipinski definition) is 0. The van der Waals surface area contributed by atoms with Crippen LogP contribution in [0, 0.1) is 13.8 Å². The summed E-state index contributed by atoms with van der Waals surface area (Å²) >= 11 is 0. The molecule has 0 aliphatic rings. The molecule has 13 heavy (non-hydrogen) atoms. The van der Waals surface area contributed by atoms with E-state index < -0.39 is 0 Å². The van der Waals surface area contributed by atoms with Crippen LogP contribution in [-0.4, -0.2) is 34.8 Å². The molecule has 1 aromatic heterocycles. The van der Waals surface area contributed by atoms with Crippen LogP contribution >= 0.6 is 12.4 Å². The van der Waals surface area contributed by atoms with E-state index in [1.807, 2.05) is 19.9 Å². The molecule has 0 N–H and O–H groups in total. The molecule has 5 heteroatoms. The lowest BCUT2D eigenvalue weighted by atomic mass is 10.4. The quantitative estimate of drug-likeness (QED) is 0.640. The molecule has 74 valence electrons. The molecule has 0 saturated carbocycles. The van der Waals surface area contributed by atoms with Gasteiger partial charge in [0.1, 0.15) is 0 Å². The van der Waals surface area contributed by atoms with Crippen molar-refractivity contribution in [3.05, 3.63) is 17.5 Å². The van der Waals surface area contributed by atoms with Crippen LogP contribution in [-0.2, 0) is 0 Å². The third-order valence-electron chi connectivity index (χ3n) is 1.57. The van der Waals surface area contributed by atoms with Crippen molar-refractivity contribution >= 4 is 18.4 Å². The number of nitrogens with zero attached hydrogens (tertiary/aromatic N) is 3. The van der Waals surface area contributed by atoms with Gasteiger partial charge in [0.2, 0.25) is 0 Å². The normalized spacial score (nSPS) is 9.23. The topological polar surface area (TPSA) is 38.1 Å². The van der Waals surface area contributed by atoms with Crippen molar-refractivity contribution in [1.29, 1.82) is 0 Å². The lowest BCUT2D eigenvalue weighted by molar-refractivity contribution is 0.215. The first-order chi connectivity index (χ1) is 5.52. The first-order valence-corrected chi connectivity index (χ1v) is 3.77. The molecule has 0 aromatic carbocycles. The highest BCUT2D eigenvalue weighted by Gasteiger charge is 2.10. The number of amides is 1. The Bertz CT molecular complexity index is 306. The Labute approximate surface area is 83.9 Å². The van der Waals surface area contributed by atoms with Crippen molar-refractivity contribution in [2.45, 2.75) is 13.8 Å². The maximum Gasteiger partial charge on any atom is 0.344 e. The Morgan fingerprint density at radius 2 is 2.00 bits per heavy atom. The van der Waals surface area contributed by atoms with Gasteiger partial charge in [-0.3, -0.25) is 0 Å². The van der Waals surface area contributed by atoms with Crippen LogP contribution < -0.4 is 0 Å². The molecule has 0 radical (unpaired) electrons. The average molecular weight is 204 g/mol. The molecule has 0 bridgehead atoms. The van der Waals surface area contributed by atoms with E-state index in [0.717, 1.165) is 11.4 Å². The second kappa shape index (κ2) is 4.28. The van der Waals surface area contributed by atoms with E-state index in [2.05, 4.69) is 5.10 Å². The summed E-state index contributed by atoms with van der Waals surface area (Å²) in [5.74, 6) is 0. The molecule has 1 aromatic rings. The lowest BCUT2D eigenvalue weighted by Gasteiger charge is -2.10. The fraction of sp³-hybridized carbons (Fsp3) is 0.500. The predicted molar refractivity (Wildman–Crippen MR) is 53.4 cm³/mol. The first kappa shape index (κ1) is 12.0. The number of carbonyl (C=O) groups excluding carboxylic acids is 1. The van der Waals surface area contributed by atoms with Gasteiger partial charge in [0, 0.05) is 19.8 Å². The van der Waals surface area contributed by atoms with E-state index in [4.69, 9.17) is 0 Å². The summed E-state index contributed by atoms with van der Waals surface area (Å²) in [6.45, 7) is 3.73. The summed E-state index contributed by atoms with van der Waals surface area (Å²) in [7, 11) is 3.41. The Kier molecular flexibility index (Phi) is 3.94. The van der Waals surface area contributed by atoms with Gasteiger partial charge in [-0.15, -0.1) is 12.4 Å². The largest absolute Gasteiger partial charge is 0.344 e. The van der Waals surface area contributed by atoms with Gasteiger partial charge < -0.3 is 4.90 Å². The lowest BCUT2D eigenvalue weighted by Crippen LogP contribution is -2.28. The third kappa shape index (κ3) is 2.45. The summed E-state index contributed by atoms with van der Waals surface area (Å²) < 4.78 is 1.40. The van der Waals surface area contributed by atoms with E-state index in [9.17, 15) is 4.79 Å². The Hall–Kier alpha value is -1.03. The summed E-state index contributed by atoms with van der Waals surface area (Å²) in [4.78, 5) is 12.9. The molecule has 0 unspecified atom stereocenters. The number of aromatic nitrogens is 2. The van der Waals surface area contributed by atoms with E-state index >= 15 is 0 Å². The zero-order valence-electron chi connectivity index (χ0n) is 8.24. The Morgan fingerprint density at radius 3 is 2.31 bits per heavy atom. The molecule has 0 atom stereocenters. The van der Waals surface area contributed by atoms with Crippen LogP contribution in [0.15, 0.2) is 6.07 Å². The van der Waals surface area contributed by atoms with Crippen molar-refractivity contribution in [3.63, 3.8) is 0 Å². The van der Waals surface area contributed by atoms with Crippen molar-refractivity contribution in [1.82, 2.24) is 14.7 Å². The van der Waals surface area contributed by atoms with Crippen molar-refractivity contribution < 1.29 is 4.79 Å². The maximum atomic E-state index is 11.4. The molecule has 0 saturated heterocycles. The number of aryl methyl sites for hydroxylation is 2. The zero-order chi connectivity index (χ0) is 9.30. The van der Waals surface area contributed by atoms with E-state index in [0.29, 0.717) is 0 Å². The summed E-state index contributed by atoms with van der Waals surface area (Å²) in [5, 5.41) is 4.06. The highest BCUT2D eigenvalue weighted by Crippen LogP contribution is 2.02. The fourth-order valence-corrected chi connectivity index (χ4v) is 1.01. The van der Waals surface area contributed by atoms with Crippen LogP contribution in [0.5, 0.6) is 0 Å². The number of hydrogen-bond acceptors (Lipinski definition) is 2. The Morgan fingerprint density at radius 1 is 1.46 bits per heavy atom. The van der Waals surface area contributed by atoms with Crippen molar-refractivity contribution in [3.8, 4) is 0 Å². The third-order valence-corrected chi connectivity index (χ3v) is 1.57. The van der Waals surface area contributed by atoms with Gasteiger partial charge in [-0.05, 0) is 19.9 Å². The standard InChI is InChI=1S/C8H13N3O.ClH/c1-6-5-7(2)11(9-6)8(12)10(3)4;/h5H,1-4H3;1H. The molecule has 4 nitrogen and oxygen atoms in total. The van der Waals surface area contributed by atoms with Crippen molar-refractivity contribution in [2.75, 3.05) is 14.1 Å². The van der Waals surface area contributed by atoms with Gasteiger partial charge in [0.15, 0.2) is 0 Å². The van der Waals surface area contributed by atoms with Gasteiger partial charge in [0.05, 0.1) is 5.69 Å². The van der Waals surface area contributed by atoms with Crippen LogP contribution in [0.25, 0.3) is 0 Å². The smallest absolute Gasteiger partial charge is 0.329 e. The molecule has 0 aliphatic carbocycles. The van der Waals surface area contributed by atoms with Gasteiger partial charge in [-0.2, -0.15) is 9.78 Å². The molecule has 0 fully saturated rings. The van der Waals surface area contributed by atoms with E-state index in [1.54, 1.807) is 14.1 Å². The molecule has 1 amide bonds. The van der Waals surface area contributed by atoms with Crippen LogP contribution in [0.2, 0.25) is 0 Å². The molecule has 0 spiro atoms. The van der Waals surface area contributed by atoms with Crippen LogP contribution in [0.4, 0.5) is 4.79 Å². The SMILES string of the molecule is Cc1cc(C)n(C(=O)N(C)C)n1.Cl. The maximum absolute atomic E-state index is 11.4. The number of rotatable bonds is 0. The average Bonchev–Trinajstić information content (AvgIpc) is 2.28. The molecular weight excluding hydrogens is 190 g/mol. The minimum atomic E-state index is -0.111. The highest BCUT2D eigenvalue weighted by molar-refractivity contribution is 5.85. The number of halogens is 1. The van der Waals surface area contributed by atoms with Gasteiger partial charge in [-0.25, -0.2) is 4.79 Å². The summed E-state index contributed by atoms with van der Waals surface area (Å²) in [5.41, 5.74) is 1.73. The van der Waals surface area contributed by atoms with Gasteiger partial charge in [-0.1, -0.05) is 0 Å². The molecule has 1 heterocycles. The van der Waals surface area contributed by atoms with Crippen LogP contribution in [0.3, 0.4) is 0 Å². The predicted octanol–water partition coefficient (Wildman–Crippen LogP) is 1.45. The second-order valence-electron chi connectivity index (χ2n) is 3.02. The minimum Gasteiger partial charge on any atom is -0.329 e. The van der Waals surface area contributed by atoms with Crippen molar-refractivity contribution in [2.24, 2.45) is 0 Å². The second-order valence-corrected chi connectivity index (χ2v) is 3.02. The van der Waals surface area contributed by atoms with Gasteiger partial charge in [0.25, 0.3) is 0 Å². The summed E-state index contributed by atoms with van der Waals surface area (Å²) in [6.07, 6.45) is 0. The van der Waals surface area contributed by atoms with Gasteiger partial charge >= 0.3 is 6.03 Å². The Balaban J connectivity index is 0.00000144. The van der Waals surface area contributed by atoms with E-state index in [-0.39, 0.29) is 18.4 Å². The molecular formula is C8H14ClN3O. The van der Waals surface area contributed by atoms with E-state index in [1.165, 1.54) is 9.58 Å². The summed E-state index contributed by atoms with van der Waals surface area (Å²) in [6, 6.07) is 1.77.